The van der Waals surface area contributed by atoms with Crippen LogP contribution >= 0.6 is 0 Å². The largest absolute Gasteiger partial charge is 0.460 e. The first-order valence-electron chi connectivity index (χ1n) is 9.46. The first kappa shape index (κ1) is 19.1. The summed E-state index contributed by atoms with van der Waals surface area (Å²) in [6.45, 7) is 0. The van der Waals surface area contributed by atoms with Gasteiger partial charge in [-0.1, -0.05) is 24.3 Å². The van der Waals surface area contributed by atoms with Gasteiger partial charge < -0.3 is 19.3 Å². The standard InChI is InChI=1S/C23H13N3O6/c24-11-15-19(18-9-8-16(30-18)12-4-3-5-13(10-12)26(28)29)20-21(32-22(15)25)14-6-1-2-7-17(14)31-23(20)27/h1-10,19H,25H2/t19-/m0/s1. The van der Waals surface area contributed by atoms with Gasteiger partial charge in [0.05, 0.1) is 21.8 Å². The average molecular weight is 427 g/mol. The molecule has 0 amide bonds. The van der Waals surface area contributed by atoms with Crippen LogP contribution in [-0.4, -0.2) is 4.92 Å². The number of benzene rings is 2. The number of nitrogens with zero attached hydrogens (tertiary/aromatic N) is 2. The number of para-hydroxylation sites is 1. The number of hydrogen-bond acceptors (Lipinski definition) is 8. The average Bonchev–Trinajstić information content (AvgIpc) is 3.28. The highest BCUT2D eigenvalue weighted by Gasteiger charge is 2.37. The molecule has 0 spiro atoms. The van der Waals surface area contributed by atoms with Crippen LogP contribution in [0.3, 0.4) is 0 Å². The van der Waals surface area contributed by atoms with E-state index < -0.39 is 16.5 Å². The fourth-order valence-corrected chi connectivity index (χ4v) is 3.79. The molecule has 1 aliphatic heterocycles. The lowest BCUT2D eigenvalue weighted by atomic mass is 9.87. The quantitative estimate of drug-likeness (QED) is 0.291. The Balaban J connectivity index is 1.70. The summed E-state index contributed by atoms with van der Waals surface area (Å²) in [5.41, 5.74) is 6.14. The smallest absolute Gasteiger partial charge is 0.344 e. The van der Waals surface area contributed by atoms with Crippen LogP contribution in [0.4, 0.5) is 5.69 Å². The maximum Gasteiger partial charge on any atom is 0.344 e. The van der Waals surface area contributed by atoms with Gasteiger partial charge >= 0.3 is 5.63 Å². The Morgan fingerprint density at radius 3 is 2.66 bits per heavy atom. The molecular formula is C23H13N3O6. The van der Waals surface area contributed by atoms with Crippen molar-refractivity contribution >= 4 is 16.7 Å². The Morgan fingerprint density at radius 2 is 1.88 bits per heavy atom. The van der Waals surface area contributed by atoms with Crippen LogP contribution in [0, 0.1) is 21.4 Å². The van der Waals surface area contributed by atoms with Crippen LogP contribution in [0.5, 0.6) is 5.75 Å². The van der Waals surface area contributed by atoms with E-state index in [9.17, 15) is 20.2 Å². The summed E-state index contributed by atoms with van der Waals surface area (Å²) < 4.78 is 17.1. The molecule has 0 fully saturated rings. The van der Waals surface area contributed by atoms with Crippen molar-refractivity contribution in [3.05, 3.63) is 104 Å². The van der Waals surface area contributed by atoms with Crippen LogP contribution in [0.25, 0.3) is 22.3 Å². The number of rotatable bonds is 3. The fraction of sp³-hybridized carbons (Fsp3) is 0.0435. The van der Waals surface area contributed by atoms with E-state index in [0.717, 1.165) is 0 Å². The lowest BCUT2D eigenvalue weighted by molar-refractivity contribution is -0.384. The molecule has 32 heavy (non-hydrogen) atoms. The summed E-state index contributed by atoms with van der Waals surface area (Å²) in [6.07, 6.45) is 0. The van der Waals surface area contributed by atoms with Crippen LogP contribution in [-0.2, 0) is 0 Å². The maximum absolute atomic E-state index is 12.9. The van der Waals surface area contributed by atoms with E-state index in [1.807, 2.05) is 6.07 Å². The van der Waals surface area contributed by atoms with Gasteiger partial charge in [-0.25, -0.2) is 4.79 Å². The van der Waals surface area contributed by atoms with Crippen LogP contribution < -0.4 is 16.1 Å². The van der Waals surface area contributed by atoms with Crippen molar-refractivity contribution in [1.29, 1.82) is 5.26 Å². The van der Waals surface area contributed by atoms with Crippen LogP contribution in [0.15, 0.2) is 85.7 Å². The number of furan rings is 1. The molecule has 0 radical (unpaired) electrons. The lowest BCUT2D eigenvalue weighted by Crippen LogP contribution is -2.26. The highest BCUT2D eigenvalue weighted by Crippen LogP contribution is 2.44. The molecule has 0 saturated heterocycles. The molecule has 3 heterocycles. The Bertz CT molecular complexity index is 1540. The number of hydrogen-bond donors (Lipinski definition) is 1. The predicted octanol–water partition coefficient (Wildman–Crippen LogP) is 4.18. The minimum Gasteiger partial charge on any atom is -0.460 e. The van der Waals surface area contributed by atoms with Gasteiger partial charge in [-0.2, -0.15) is 5.26 Å². The summed E-state index contributed by atoms with van der Waals surface area (Å²) in [5.74, 6) is -0.325. The van der Waals surface area contributed by atoms with Crippen molar-refractivity contribution in [1.82, 2.24) is 0 Å². The van der Waals surface area contributed by atoms with Gasteiger partial charge in [0, 0.05) is 17.7 Å². The summed E-state index contributed by atoms with van der Waals surface area (Å²) >= 11 is 0. The molecule has 9 nitrogen and oxygen atoms in total. The third-order valence-corrected chi connectivity index (χ3v) is 5.23. The topological polar surface area (TPSA) is 146 Å². The lowest BCUT2D eigenvalue weighted by Gasteiger charge is -2.24. The number of nitro groups is 1. The first-order valence-corrected chi connectivity index (χ1v) is 9.46. The molecule has 9 heteroatoms. The zero-order chi connectivity index (χ0) is 22.4. The number of nitro benzene ring substituents is 1. The number of fused-ring (bicyclic) bond motifs is 3. The van der Waals surface area contributed by atoms with Crippen molar-refractivity contribution in [2.75, 3.05) is 0 Å². The number of non-ortho nitro benzene ring substituents is 1. The second kappa shape index (κ2) is 7.14. The molecule has 2 aromatic carbocycles. The van der Waals surface area contributed by atoms with E-state index in [1.54, 1.807) is 48.5 Å². The zero-order valence-electron chi connectivity index (χ0n) is 16.3. The van der Waals surface area contributed by atoms with Crippen molar-refractivity contribution in [2.45, 2.75) is 5.92 Å². The monoisotopic (exact) mass is 427 g/mol. The van der Waals surface area contributed by atoms with Gasteiger partial charge in [-0.05, 0) is 24.3 Å². The molecule has 0 saturated carbocycles. The van der Waals surface area contributed by atoms with Gasteiger partial charge in [-0.3, -0.25) is 10.1 Å². The normalized spacial score (nSPS) is 15.2. The second-order valence-corrected chi connectivity index (χ2v) is 7.06. The zero-order valence-corrected chi connectivity index (χ0v) is 16.3. The number of nitrogens with two attached hydrogens (primary N) is 1. The van der Waals surface area contributed by atoms with E-state index in [-0.39, 0.29) is 34.2 Å². The van der Waals surface area contributed by atoms with Gasteiger partial charge in [0.25, 0.3) is 5.69 Å². The molecule has 4 aromatic rings. The SMILES string of the molecule is N#CC1=C(N)Oc2c(c(=O)oc3ccccc23)[C@@H]1c1ccc(-c2cccc([N+](=O)[O-])c2)o1. The molecule has 5 rings (SSSR count). The maximum atomic E-state index is 12.9. The minimum atomic E-state index is -0.961. The minimum absolute atomic E-state index is 0.0000216. The second-order valence-electron chi connectivity index (χ2n) is 7.06. The molecule has 1 aliphatic rings. The fourth-order valence-electron chi connectivity index (χ4n) is 3.79. The van der Waals surface area contributed by atoms with Gasteiger partial charge in [-0.15, -0.1) is 0 Å². The third-order valence-electron chi connectivity index (χ3n) is 5.23. The van der Waals surface area contributed by atoms with E-state index in [4.69, 9.17) is 19.3 Å². The summed E-state index contributed by atoms with van der Waals surface area (Å²) in [6, 6.07) is 18.0. The van der Waals surface area contributed by atoms with Crippen molar-refractivity contribution in [2.24, 2.45) is 5.73 Å². The molecule has 0 aliphatic carbocycles. The molecule has 2 aromatic heterocycles. The molecule has 0 bridgehead atoms. The van der Waals surface area contributed by atoms with Gasteiger partial charge in [0.15, 0.2) is 5.75 Å². The Hall–Kier alpha value is -4.84. The highest BCUT2D eigenvalue weighted by molar-refractivity contribution is 5.85. The van der Waals surface area contributed by atoms with Crippen LogP contribution in [0.1, 0.15) is 17.2 Å². The molecular weight excluding hydrogens is 414 g/mol. The number of ether oxygens (including phenoxy) is 1. The first-order chi connectivity index (χ1) is 15.5. The van der Waals surface area contributed by atoms with E-state index in [1.165, 1.54) is 12.1 Å². The molecule has 0 unspecified atom stereocenters. The number of nitriles is 1. The van der Waals surface area contributed by atoms with E-state index in [2.05, 4.69) is 0 Å². The van der Waals surface area contributed by atoms with E-state index >= 15 is 0 Å². The van der Waals surface area contributed by atoms with E-state index in [0.29, 0.717) is 22.3 Å². The Kier molecular flexibility index (Phi) is 4.27. The Labute approximate surface area is 179 Å². The summed E-state index contributed by atoms with van der Waals surface area (Å²) in [7, 11) is 0. The predicted molar refractivity (Wildman–Crippen MR) is 113 cm³/mol. The highest BCUT2D eigenvalue weighted by atomic mass is 16.6. The van der Waals surface area contributed by atoms with Crippen LogP contribution in [0.2, 0.25) is 0 Å². The molecule has 156 valence electrons. The number of allylic oxidation sites excluding steroid dienone is 1. The van der Waals surface area contributed by atoms with Crippen molar-refractivity contribution < 1.29 is 18.5 Å². The molecule has 1 atom stereocenters. The molecule has 2 N–H and O–H groups in total. The van der Waals surface area contributed by atoms with Gasteiger partial charge in [0.1, 0.15) is 28.7 Å². The Morgan fingerprint density at radius 1 is 1.06 bits per heavy atom. The third kappa shape index (κ3) is 2.90. The van der Waals surface area contributed by atoms with Gasteiger partial charge in [0.2, 0.25) is 5.88 Å². The summed E-state index contributed by atoms with van der Waals surface area (Å²) in [4.78, 5) is 23.5. The van der Waals surface area contributed by atoms with Crippen molar-refractivity contribution in [3.63, 3.8) is 0 Å². The van der Waals surface area contributed by atoms with Crippen molar-refractivity contribution in [3.8, 4) is 23.1 Å². The summed E-state index contributed by atoms with van der Waals surface area (Å²) in [5, 5.41) is 21.3.